The Labute approximate surface area is 197 Å². The van der Waals surface area contributed by atoms with Crippen LogP contribution in [0.5, 0.6) is 0 Å². The number of hydrogen-bond acceptors (Lipinski definition) is 3. The Hall–Kier alpha value is -2.57. The second-order valence-electron chi connectivity index (χ2n) is 6.79. The van der Waals surface area contributed by atoms with E-state index in [1.54, 1.807) is 60.7 Å². The smallest absolute Gasteiger partial charge is 0.291 e. The summed E-state index contributed by atoms with van der Waals surface area (Å²) in [6.07, 6.45) is -0.951. The zero-order chi connectivity index (χ0) is 22.0. The summed E-state index contributed by atoms with van der Waals surface area (Å²) in [5.74, 6) is 0.210. The average molecular weight is 517 g/mol. The topological polar surface area (TPSA) is 62.5 Å². The Morgan fingerprint density at radius 1 is 0.935 bits per heavy atom. The molecule has 7 heteroatoms. The highest BCUT2D eigenvalue weighted by Gasteiger charge is 2.19. The van der Waals surface area contributed by atoms with Crippen LogP contribution in [0.25, 0.3) is 11.3 Å². The van der Waals surface area contributed by atoms with E-state index in [2.05, 4.69) is 21.2 Å². The number of nitrogens with one attached hydrogen (secondary N) is 1. The molecule has 1 amide bonds. The van der Waals surface area contributed by atoms with Crippen molar-refractivity contribution < 1.29 is 14.3 Å². The molecule has 156 valence electrons. The van der Waals surface area contributed by atoms with Crippen LogP contribution in [-0.2, 0) is 0 Å². The molecule has 0 radical (unpaired) electrons. The van der Waals surface area contributed by atoms with Gasteiger partial charge in [-0.25, -0.2) is 0 Å². The maximum atomic E-state index is 12.8. The molecule has 0 saturated carbocycles. The molecule has 0 bridgehead atoms. The van der Waals surface area contributed by atoms with Gasteiger partial charge in [-0.15, -0.1) is 0 Å². The SMILES string of the molecule is O=C(Nc1ccc(Cl)cc1[C@H](O)c1ccccc1)c1ccc(-c2ccc(Cl)cc2Br)o1. The second kappa shape index (κ2) is 9.28. The summed E-state index contributed by atoms with van der Waals surface area (Å²) < 4.78 is 6.52. The number of aliphatic hydroxyl groups is 1. The molecule has 0 unspecified atom stereocenters. The number of hydrogen-bond donors (Lipinski definition) is 2. The van der Waals surface area contributed by atoms with Crippen molar-refractivity contribution in [1.29, 1.82) is 0 Å². The third-order valence-corrected chi connectivity index (χ3v) is 5.82. The van der Waals surface area contributed by atoms with Crippen molar-refractivity contribution in [2.75, 3.05) is 5.32 Å². The molecule has 4 aromatic rings. The van der Waals surface area contributed by atoms with Crippen molar-refractivity contribution in [2.24, 2.45) is 0 Å². The molecule has 2 N–H and O–H groups in total. The normalized spacial score (nSPS) is 11.9. The molecule has 4 rings (SSSR count). The number of halogens is 3. The molecule has 0 aliphatic heterocycles. The van der Waals surface area contributed by atoms with E-state index in [9.17, 15) is 9.90 Å². The van der Waals surface area contributed by atoms with Gasteiger partial charge in [0.25, 0.3) is 5.91 Å². The molecule has 1 heterocycles. The minimum Gasteiger partial charge on any atom is -0.451 e. The molecular formula is C24H16BrCl2NO3. The maximum Gasteiger partial charge on any atom is 0.291 e. The van der Waals surface area contributed by atoms with Crippen molar-refractivity contribution in [3.8, 4) is 11.3 Å². The van der Waals surface area contributed by atoms with E-state index >= 15 is 0 Å². The largest absolute Gasteiger partial charge is 0.451 e. The highest BCUT2D eigenvalue weighted by Crippen LogP contribution is 2.33. The minimum absolute atomic E-state index is 0.131. The molecule has 1 atom stereocenters. The predicted molar refractivity (Wildman–Crippen MR) is 127 cm³/mol. The lowest BCUT2D eigenvalue weighted by atomic mass is 10.00. The molecule has 0 saturated heterocycles. The number of aliphatic hydroxyl groups excluding tert-OH is 1. The fraction of sp³-hybridized carbons (Fsp3) is 0.0417. The van der Waals surface area contributed by atoms with Gasteiger partial charge >= 0.3 is 0 Å². The zero-order valence-electron chi connectivity index (χ0n) is 16.0. The predicted octanol–water partition coefficient (Wildman–Crippen LogP) is 7.35. The number of benzene rings is 3. The van der Waals surface area contributed by atoms with E-state index in [-0.39, 0.29) is 5.76 Å². The van der Waals surface area contributed by atoms with E-state index in [0.29, 0.717) is 32.6 Å². The zero-order valence-corrected chi connectivity index (χ0v) is 19.1. The van der Waals surface area contributed by atoms with E-state index in [4.69, 9.17) is 27.6 Å². The van der Waals surface area contributed by atoms with Crippen molar-refractivity contribution in [2.45, 2.75) is 6.10 Å². The molecule has 1 aromatic heterocycles. The number of anilines is 1. The highest BCUT2D eigenvalue weighted by molar-refractivity contribution is 9.10. The fourth-order valence-corrected chi connectivity index (χ4v) is 4.23. The second-order valence-corrected chi connectivity index (χ2v) is 8.51. The first-order valence-electron chi connectivity index (χ1n) is 9.31. The van der Waals surface area contributed by atoms with Gasteiger partial charge in [0.05, 0.1) is 0 Å². The Bertz CT molecular complexity index is 1240. The van der Waals surface area contributed by atoms with Crippen LogP contribution in [-0.4, -0.2) is 11.0 Å². The molecule has 3 aromatic carbocycles. The molecule has 31 heavy (non-hydrogen) atoms. The van der Waals surface area contributed by atoms with Gasteiger partial charge in [0.1, 0.15) is 11.9 Å². The van der Waals surface area contributed by atoms with Crippen LogP contribution < -0.4 is 5.32 Å². The van der Waals surface area contributed by atoms with Gasteiger partial charge in [0, 0.05) is 31.3 Å². The van der Waals surface area contributed by atoms with Crippen molar-refractivity contribution in [1.82, 2.24) is 0 Å². The van der Waals surface area contributed by atoms with Gasteiger partial charge in [-0.2, -0.15) is 0 Å². The highest BCUT2D eigenvalue weighted by atomic mass is 79.9. The summed E-state index contributed by atoms with van der Waals surface area (Å²) in [6, 6.07) is 22.7. The summed E-state index contributed by atoms with van der Waals surface area (Å²) in [7, 11) is 0. The number of furan rings is 1. The quantitative estimate of drug-likeness (QED) is 0.291. The third kappa shape index (κ3) is 4.86. The average Bonchev–Trinajstić information content (AvgIpc) is 3.25. The van der Waals surface area contributed by atoms with Gasteiger partial charge in [-0.3, -0.25) is 4.79 Å². The van der Waals surface area contributed by atoms with E-state index in [1.807, 2.05) is 18.2 Å². The molecule has 0 spiro atoms. The van der Waals surface area contributed by atoms with Gasteiger partial charge in [-0.1, -0.05) is 53.5 Å². The van der Waals surface area contributed by atoms with Crippen LogP contribution in [0, 0.1) is 0 Å². The number of amides is 1. The van der Waals surface area contributed by atoms with Gasteiger partial charge < -0.3 is 14.8 Å². The minimum atomic E-state index is -0.951. The van der Waals surface area contributed by atoms with Crippen molar-refractivity contribution >= 4 is 50.7 Å². The Morgan fingerprint density at radius 2 is 1.65 bits per heavy atom. The van der Waals surface area contributed by atoms with Crippen molar-refractivity contribution in [3.63, 3.8) is 0 Å². The molecular weight excluding hydrogens is 501 g/mol. The van der Waals surface area contributed by atoms with Crippen LogP contribution in [0.3, 0.4) is 0 Å². The molecule has 4 nitrogen and oxygen atoms in total. The van der Waals surface area contributed by atoms with Gasteiger partial charge in [0.15, 0.2) is 5.76 Å². The van der Waals surface area contributed by atoms with Crippen LogP contribution in [0.4, 0.5) is 5.69 Å². The Kier molecular flexibility index (Phi) is 6.49. The van der Waals surface area contributed by atoms with Crippen LogP contribution >= 0.6 is 39.1 Å². The summed E-state index contributed by atoms with van der Waals surface area (Å²) in [6.45, 7) is 0. The first-order valence-corrected chi connectivity index (χ1v) is 10.9. The van der Waals surface area contributed by atoms with Gasteiger partial charge in [0.2, 0.25) is 0 Å². The lowest BCUT2D eigenvalue weighted by molar-refractivity contribution is 0.0997. The number of rotatable bonds is 5. The fourth-order valence-electron chi connectivity index (χ4n) is 3.17. The maximum absolute atomic E-state index is 12.8. The van der Waals surface area contributed by atoms with Crippen LogP contribution in [0.2, 0.25) is 10.0 Å². The first-order chi connectivity index (χ1) is 14.9. The number of carbonyl (C=O) groups excluding carboxylic acids is 1. The summed E-state index contributed by atoms with van der Waals surface area (Å²) >= 11 is 15.6. The summed E-state index contributed by atoms with van der Waals surface area (Å²) in [5, 5.41) is 14.7. The Balaban J connectivity index is 1.60. The molecule has 0 aliphatic carbocycles. The lowest BCUT2D eigenvalue weighted by Crippen LogP contribution is -2.14. The van der Waals surface area contributed by atoms with Crippen molar-refractivity contribution in [3.05, 3.63) is 110 Å². The first kappa shape index (κ1) is 21.7. The summed E-state index contributed by atoms with van der Waals surface area (Å²) in [4.78, 5) is 12.8. The monoisotopic (exact) mass is 515 g/mol. The van der Waals surface area contributed by atoms with Crippen LogP contribution in [0.15, 0.2) is 87.8 Å². The standard InChI is InChI=1S/C24H16BrCl2NO3/c25-19-13-16(27)6-8-17(19)21-10-11-22(31-21)24(30)28-20-9-7-15(26)12-18(20)23(29)14-4-2-1-3-5-14/h1-13,23,29H,(H,28,30)/t23-/m1/s1. The third-order valence-electron chi connectivity index (χ3n) is 4.70. The molecule has 0 aliphatic rings. The van der Waals surface area contributed by atoms with Crippen LogP contribution in [0.1, 0.15) is 27.8 Å². The lowest BCUT2D eigenvalue weighted by Gasteiger charge is -2.17. The van der Waals surface area contributed by atoms with E-state index in [0.717, 1.165) is 10.0 Å². The van der Waals surface area contributed by atoms with Gasteiger partial charge in [-0.05, 0) is 70.0 Å². The molecule has 0 fully saturated rings. The van der Waals surface area contributed by atoms with E-state index < -0.39 is 12.0 Å². The number of carbonyl (C=O) groups is 1. The van der Waals surface area contributed by atoms with E-state index in [1.165, 1.54) is 0 Å². The Morgan fingerprint density at radius 3 is 2.39 bits per heavy atom. The summed E-state index contributed by atoms with van der Waals surface area (Å²) in [5.41, 5.74) is 2.39.